The van der Waals surface area contributed by atoms with Crippen LogP contribution in [-0.4, -0.2) is 32.8 Å². The molecule has 4 rings (SSSR count). The van der Waals surface area contributed by atoms with Gasteiger partial charge in [-0.2, -0.15) is 13.2 Å². The molecule has 1 aliphatic rings. The molecule has 0 aliphatic carbocycles. The van der Waals surface area contributed by atoms with Crippen LogP contribution in [0.2, 0.25) is 0 Å². The Kier molecular flexibility index (Phi) is 6.97. The molecular weight excluding hydrogens is 421 g/mol. The summed E-state index contributed by atoms with van der Waals surface area (Å²) >= 11 is 1.43. The maximum atomic E-state index is 13.0. The number of aromatic nitrogens is 3. The fourth-order valence-corrected chi connectivity index (χ4v) is 4.67. The van der Waals surface area contributed by atoms with Crippen molar-refractivity contribution in [2.75, 3.05) is 13.1 Å². The number of thioether (sulfide) groups is 1. The van der Waals surface area contributed by atoms with E-state index in [-0.39, 0.29) is 0 Å². The Morgan fingerprint density at radius 1 is 0.839 bits per heavy atom. The van der Waals surface area contributed by atoms with Crippen LogP contribution in [0.3, 0.4) is 0 Å². The van der Waals surface area contributed by atoms with Gasteiger partial charge in [0.15, 0.2) is 5.16 Å². The third-order valence-corrected chi connectivity index (χ3v) is 6.45. The summed E-state index contributed by atoms with van der Waals surface area (Å²) in [7, 11) is 0. The van der Waals surface area contributed by atoms with E-state index in [0.29, 0.717) is 17.9 Å². The highest BCUT2D eigenvalue weighted by Crippen LogP contribution is 2.31. The Labute approximate surface area is 184 Å². The second-order valence-corrected chi connectivity index (χ2v) is 8.74. The van der Waals surface area contributed by atoms with Crippen LogP contribution in [-0.2, 0) is 25.0 Å². The predicted octanol–water partition coefficient (Wildman–Crippen LogP) is 5.62. The largest absolute Gasteiger partial charge is 0.416 e. The summed E-state index contributed by atoms with van der Waals surface area (Å²) in [5.74, 6) is 1.30. The van der Waals surface area contributed by atoms with Crippen molar-refractivity contribution in [1.82, 2.24) is 19.7 Å². The number of nitrogens with zero attached hydrogens (tertiary/aromatic N) is 4. The van der Waals surface area contributed by atoms with E-state index in [1.165, 1.54) is 43.2 Å². The first kappa shape index (κ1) is 21.9. The SMILES string of the molecule is FC(F)(F)c1cccc(CSc2nnc(CN3CCCCC3)n2Cc2ccccc2)c1. The van der Waals surface area contributed by atoms with Gasteiger partial charge in [-0.3, -0.25) is 4.90 Å². The van der Waals surface area contributed by atoms with Crippen molar-refractivity contribution in [3.8, 4) is 0 Å². The van der Waals surface area contributed by atoms with Gasteiger partial charge in [-0.05, 0) is 43.1 Å². The van der Waals surface area contributed by atoms with Crippen LogP contribution >= 0.6 is 11.8 Å². The molecule has 2 heterocycles. The lowest BCUT2D eigenvalue weighted by Crippen LogP contribution is -2.30. The molecule has 0 radical (unpaired) electrons. The van der Waals surface area contributed by atoms with Gasteiger partial charge in [-0.15, -0.1) is 10.2 Å². The lowest BCUT2D eigenvalue weighted by Gasteiger charge is -2.26. The average molecular weight is 447 g/mol. The molecule has 0 bridgehead atoms. The lowest BCUT2D eigenvalue weighted by molar-refractivity contribution is -0.137. The van der Waals surface area contributed by atoms with E-state index in [9.17, 15) is 13.2 Å². The standard InChI is InChI=1S/C23H25F3N4S/c24-23(25,26)20-11-7-10-19(14-20)17-31-22-28-27-21(16-29-12-5-2-6-13-29)30(22)15-18-8-3-1-4-9-18/h1,3-4,7-11,14H,2,5-6,12-13,15-17H2. The lowest BCUT2D eigenvalue weighted by atomic mass is 10.1. The molecule has 2 aromatic carbocycles. The van der Waals surface area contributed by atoms with Crippen molar-refractivity contribution in [3.05, 3.63) is 77.1 Å². The number of halogens is 3. The number of hydrogen-bond donors (Lipinski definition) is 0. The van der Waals surface area contributed by atoms with Gasteiger partial charge in [0.2, 0.25) is 0 Å². The Hall–Kier alpha value is -2.32. The second-order valence-electron chi connectivity index (χ2n) is 7.79. The van der Waals surface area contributed by atoms with E-state index >= 15 is 0 Å². The highest BCUT2D eigenvalue weighted by atomic mass is 32.2. The highest BCUT2D eigenvalue weighted by molar-refractivity contribution is 7.98. The van der Waals surface area contributed by atoms with Crippen LogP contribution < -0.4 is 0 Å². The highest BCUT2D eigenvalue weighted by Gasteiger charge is 2.30. The summed E-state index contributed by atoms with van der Waals surface area (Å²) in [5.41, 5.74) is 1.14. The molecule has 4 nitrogen and oxygen atoms in total. The zero-order valence-electron chi connectivity index (χ0n) is 17.2. The van der Waals surface area contributed by atoms with Gasteiger partial charge in [0.25, 0.3) is 0 Å². The van der Waals surface area contributed by atoms with Crippen molar-refractivity contribution >= 4 is 11.8 Å². The number of likely N-dealkylation sites (tertiary alicyclic amines) is 1. The molecule has 0 saturated carbocycles. The Balaban J connectivity index is 1.53. The van der Waals surface area contributed by atoms with E-state index in [1.807, 2.05) is 18.2 Å². The fourth-order valence-electron chi connectivity index (χ4n) is 3.77. The Bertz CT molecular complexity index is 982. The van der Waals surface area contributed by atoms with E-state index in [2.05, 4.69) is 31.8 Å². The van der Waals surface area contributed by atoms with Crippen molar-refractivity contribution in [2.45, 2.75) is 49.4 Å². The van der Waals surface area contributed by atoms with Crippen molar-refractivity contribution < 1.29 is 13.2 Å². The molecule has 8 heteroatoms. The average Bonchev–Trinajstić information content (AvgIpc) is 3.14. The van der Waals surface area contributed by atoms with Crippen LogP contribution in [0.25, 0.3) is 0 Å². The Morgan fingerprint density at radius 2 is 1.58 bits per heavy atom. The molecule has 0 amide bonds. The summed E-state index contributed by atoms with van der Waals surface area (Å²) in [6.07, 6.45) is -0.672. The minimum Gasteiger partial charge on any atom is -0.300 e. The Morgan fingerprint density at radius 3 is 2.32 bits per heavy atom. The van der Waals surface area contributed by atoms with Gasteiger partial charge in [0.1, 0.15) is 5.82 Å². The summed E-state index contributed by atoms with van der Waals surface area (Å²) in [6, 6.07) is 15.6. The van der Waals surface area contributed by atoms with Crippen molar-refractivity contribution in [2.24, 2.45) is 0 Å². The molecule has 1 aromatic heterocycles. The quantitative estimate of drug-likeness (QED) is 0.441. The third-order valence-electron chi connectivity index (χ3n) is 5.41. The van der Waals surface area contributed by atoms with Crippen LogP contribution in [0.15, 0.2) is 59.8 Å². The maximum absolute atomic E-state index is 13.0. The summed E-state index contributed by atoms with van der Waals surface area (Å²) < 4.78 is 41.2. The molecular formula is C23H25F3N4S. The van der Waals surface area contributed by atoms with Crippen LogP contribution in [0.5, 0.6) is 0 Å². The first-order chi connectivity index (χ1) is 15.0. The minimum atomic E-state index is -4.34. The molecule has 0 N–H and O–H groups in total. The third kappa shape index (κ3) is 5.89. The molecule has 3 aromatic rings. The van der Waals surface area contributed by atoms with Gasteiger partial charge in [0, 0.05) is 5.75 Å². The zero-order valence-corrected chi connectivity index (χ0v) is 18.0. The number of alkyl halides is 3. The van der Waals surface area contributed by atoms with Gasteiger partial charge >= 0.3 is 6.18 Å². The predicted molar refractivity (Wildman–Crippen MR) is 116 cm³/mol. The van der Waals surface area contributed by atoms with Crippen LogP contribution in [0.4, 0.5) is 13.2 Å². The van der Waals surface area contributed by atoms with Crippen molar-refractivity contribution in [1.29, 1.82) is 0 Å². The smallest absolute Gasteiger partial charge is 0.300 e. The molecule has 0 atom stereocenters. The fraction of sp³-hybridized carbons (Fsp3) is 0.391. The minimum absolute atomic E-state index is 0.403. The number of rotatable bonds is 7. The van der Waals surface area contributed by atoms with Crippen molar-refractivity contribution in [3.63, 3.8) is 0 Å². The van der Waals surface area contributed by atoms with Crippen LogP contribution in [0, 0.1) is 0 Å². The van der Waals surface area contributed by atoms with Crippen LogP contribution in [0.1, 0.15) is 41.8 Å². The summed E-state index contributed by atoms with van der Waals surface area (Å²) in [4.78, 5) is 2.40. The summed E-state index contributed by atoms with van der Waals surface area (Å²) in [5, 5.41) is 9.57. The monoisotopic (exact) mass is 446 g/mol. The van der Waals surface area contributed by atoms with Gasteiger partial charge in [-0.25, -0.2) is 0 Å². The maximum Gasteiger partial charge on any atom is 0.416 e. The van der Waals surface area contributed by atoms with E-state index in [0.717, 1.165) is 42.2 Å². The van der Waals surface area contributed by atoms with E-state index < -0.39 is 11.7 Å². The van der Waals surface area contributed by atoms with Gasteiger partial charge in [-0.1, -0.05) is 66.7 Å². The van der Waals surface area contributed by atoms with E-state index in [1.54, 1.807) is 6.07 Å². The topological polar surface area (TPSA) is 34.0 Å². The molecule has 31 heavy (non-hydrogen) atoms. The van der Waals surface area contributed by atoms with E-state index in [4.69, 9.17) is 0 Å². The molecule has 0 spiro atoms. The van der Waals surface area contributed by atoms with Gasteiger partial charge in [0.05, 0.1) is 18.7 Å². The summed E-state index contributed by atoms with van der Waals surface area (Å²) in [6.45, 7) is 3.50. The second kappa shape index (κ2) is 9.87. The molecule has 1 aliphatic heterocycles. The number of benzene rings is 2. The number of hydrogen-bond acceptors (Lipinski definition) is 4. The molecule has 164 valence electrons. The molecule has 0 unspecified atom stereocenters. The first-order valence-electron chi connectivity index (χ1n) is 10.5. The zero-order chi connectivity index (χ0) is 21.7. The molecule has 1 fully saturated rings. The molecule has 1 saturated heterocycles. The number of piperidine rings is 1. The first-order valence-corrected chi connectivity index (χ1v) is 11.4. The normalized spacial score (nSPS) is 15.3. The van der Waals surface area contributed by atoms with Gasteiger partial charge < -0.3 is 4.57 Å².